The first kappa shape index (κ1) is 11.2. The summed E-state index contributed by atoms with van der Waals surface area (Å²) in [5.74, 6) is 0. The van der Waals surface area contributed by atoms with Crippen LogP contribution in [0, 0.1) is 0 Å². The standard InChI is InChI=1S/C10H14N2.C2H6/c1-2-9-6-10-8(7-12-9)4-3-5-11-10;1-2/h3-5,9,12H,2,6-7H2,1H3;1-2H3. The van der Waals surface area contributed by atoms with E-state index in [1.807, 2.05) is 26.1 Å². The summed E-state index contributed by atoms with van der Waals surface area (Å²) in [7, 11) is 0. The molecule has 1 atom stereocenters. The van der Waals surface area contributed by atoms with Crippen LogP contribution < -0.4 is 5.32 Å². The van der Waals surface area contributed by atoms with Gasteiger partial charge >= 0.3 is 0 Å². The van der Waals surface area contributed by atoms with Crippen molar-refractivity contribution in [3.8, 4) is 0 Å². The molecular formula is C12H20N2. The molecule has 0 radical (unpaired) electrons. The molecule has 2 heteroatoms. The SMILES string of the molecule is CC.CCC1Cc2ncccc2CN1. The van der Waals surface area contributed by atoms with E-state index in [4.69, 9.17) is 0 Å². The van der Waals surface area contributed by atoms with Crippen molar-refractivity contribution in [2.75, 3.05) is 0 Å². The number of fused-ring (bicyclic) bond motifs is 1. The van der Waals surface area contributed by atoms with Gasteiger partial charge in [0.1, 0.15) is 0 Å². The molecule has 1 N–H and O–H groups in total. The second-order valence-corrected chi connectivity index (χ2v) is 3.30. The summed E-state index contributed by atoms with van der Waals surface area (Å²) in [6.45, 7) is 7.20. The molecule has 0 spiro atoms. The summed E-state index contributed by atoms with van der Waals surface area (Å²) in [4.78, 5) is 4.38. The fourth-order valence-corrected chi connectivity index (χ4v) is 1.66. The number of aromatic nitrogens is 1. The Hall–Kier alpha value is -0.890. The van der Waals surface area contributed by atoms with Gasteiger partial charge in [-0.25, -0.2) is 0 Å². The van der Waals surface area contributed by atoms with Gasteiger partial charge in [-0.2, -0.15) is 0 Å². The second kappa shape index (κ2) is 5.76. The van der Waals surface area contributed by atoms with Crippen molar-refractivity contribution in [2.24, 2.45) is 0 Å². The number of hydrogen-bond acceptors (Lipinski definition) is 2. The summed E-state index contributed by atoms with van der Waals surface area (Å²) >= 11 is 0. The Morgan fingerprint density at radius 2 is 2.29 bits per heavy atom. The highest BCUT2D eigenvalue weighted by Crippen LogP contribution is 2.14. The zero-order valence-electron chi connectivity index (χ0n) is 9.38. The molecule has 0 aliphatic carbocycles. The third-order valence-electron chi connectivity index (χ3n) is 2.50. The molecule has 2 rings (SSSR count). The fraction of sp³-hybridized carbons (Fsp3) is 0.583. The van der Waals surface area contributed by atoms with Gasteiger partial charge in [0.25, 0.3) is 0 Å². The number of rotatable bonds is 1. The Bertz CT molecular complexity index is 271. The van der Waals surface area contributed by atoms with Crippen LogP contribution in [0.25, 0.3) is 0 Å². The molecule has 2 nitrogen and oxygen atoms in total. The number of nitrogens with zero attached hydrogens (tertiary/aromatic N) is 1. The summed E-state index contributed by atoms with van der Waals surface area (Å²) < 4.78 is 0. The van der Waals surface area contributed by atoms with Crippen molar-refractivity contribution in [3.05, 3.63) is 29.6 Å². The lowest BCUT2D eigenvalue weighted by atomic mass is 10.00. The van der Waals surface area contributed by atoms with E-state index in [0.717, 1.165) is 13.0 Å². The van der Waals surface area contributed by atoms with E-state index in [1.54, 1.807) is 0 Å². The van der Waals surface area contributed by atoms with Crippen LogP contribution in [-0.4, -0.2) is 11.0 Å². The van der Waals surface area contributed by atoms with E-state index >= 15 is 0 Å². The first-order valence-corrected chi connectivity index (χ1v) is 5.56. The average molecular weight is 192 g/mol. The van der Waals surface area contributed by atoms with Crippen LogP contribution >= 0.6 is 0 Å². The molecule has 78 valence electrons. The van der Waals surface area contributed by atoms with Gasteiger partial charge in [0.2, 0.25) is 0 Å². The number of pyridine rings is 1. The Morgan fingerprint density at radius 1 is 1.50 bits per heavy atom. The predicted octanol–water partition coefficient (Wildman–Crippen LogP) is 2.53. The Balaban J connectivity index is 0.000000461. The smallest absolute Gasteiger partial charge is 0.0463 e. The summed E-state index contributed by atoms with van der Waals surface area (Å²) in [5, 5.41) is 3.48. The van der Waals surface area contributed by atoms with Gasteiger partial charge in [0.15, 0.2) is 0 Å². The molecule has 0 saturated carbocycles. The van der Waals surface area contributed by atoms with Crippen LogP contribution in [0.3, 0.4) is 0 Å². The van der Waals surface area contributed by atoms with Gasteiger partial charge in [-0.15, -0.1) is 0 Å². The molecule has 0 saturated heterocycles. The van der Waals surface area contributed by atoms with Crippen molar-refractivity contribution < 1.29 is 0 Å². The first-order chi connectivity index (χ1) is 6.90. The van der Waals surface area contributed by atoms with Crippen LogP contribution in [0.1, 0.15) is 38.4 Å². The van der Waals surface area contributed by atoms with E-state index in [1.165, 1.54) is 17.7 Å². The van der Waals surface area contributed by atoms with Gasteiger partial charge in [0.05, 0.1) is 0 Å². The van der Waals surface area contributed by atoms with E-state index in [0.29, 0.717) is 6.04 Å². The van der Waals surface area contributed by atoms with Crippen LogP contribution in [0.4, 0.5) is 0 Å². The minimum atomic E-state index is 0.632. The van der Waals surface area contributed by atoms with E-state index in [2.05, 4.69) is 23.3 Å². The van der Waals surface area contributed by atoms with Crippen LogP contribution in [-0.2, 0) is 13.0 Å². The summed E-state index contributed by atoms with van der Waals surface area (Å²) in [5.41, 5.74) is 2.64. The zero-order chi connectivity index (χ0) is 10.4. The Morgan fingerprint density at radius 3 is 3.00 bits per heavy atom. The molecule has 0 fully saturated rings. The van der Waals surface area contributed by atoms with E-state index in [-0.39, 0.29) is 0 Å². The van der Waals surface area contributed by atoms with Crippen molar-refractivity contribution >= 4 is 0 Å². The highest BCUT2D eigenvalue weighted by molar-refractivity contribution is 5.22. The van der Waals surface area contributed by atoms with Crippen molar-refractivity contribution in [1.29, 1.82) is 0 Å². The van der Waals surface area contributed by atoms with Crippen molar-refractivity contribution in [2.45, 2.75) is 46.2 Å². The Labute approximate surface area is 86.8 Å². The average Bonchev–Trinajstić information content (AvgIpc) is 2.31. The normalized spacial score (nSPS) is 19.2. The van der Waals surface area contributed by atoms with Gasteiger partial charge in [-0.3, -0.25) is 4.98 Å². The Kier molecular flexibility index (Phi) is 4.60. The molecule has 2 heterocycles. The van der Waals surface area contributed by atoms with Gasteiger partial charge < -0.3 is 5.32 Å². The summed E-state index contributed by atoms with van der Waals surface area (Å²) in [6, 6.07) is 4.79. The molecule has 14 heavy (non-hydrogen) atoms. The second-order valence-electron chi connectivity index (χ2n) is 3.30. The van der Waals surface area contributed by atoms with E-state index in [9.17, 15) is 0 Å². The maximum Gasteiger partial charge on any atom is 0.0463 e. The third-order valence-corrected chi connectivity index (χ3v) is 2.50. The summed E-state index contributed by atoms with van der Waals surface area (Å²) in [6.07, 6.45) is 4.17. The maximum absolute atomic E-state index is 4.38. The number of hydrogen-bond donors (Lipinski definition) is 1. The lowest BCUT2D eigenvalue weighted by molar-refractivity contribution is 0.461. The zero-order valence-corrected chi connectivity index (χ0v) is 9.38. The largest absolute Gasteiger partial charge is 0.309 e. The maximum atomic E-state index is 4.38. The quantitative estimate of drug-likeness (QED) is 0.739. The number of nitrogens with one attached hydrogen (secondary N) is 1. The first-order valence-electron chi connectivity index (χ1n) is 5.56. The molecule has 1 aliphatic heterocycles. The molecule has 1 unspecified atom stereocenters. The molecular weight excluding hydrogens is 172 g/mol. The molecule has 1 aromatic rings. The topological polar surface area (TPSA) is 24.9 Å². The minimum absolute atomic E-state index is 0.632. The molecule has 1 aliphatic rings. The van der Waals surface area contributed by atoms with Crippen LogP contribution in [0.15, 0.2) is 18.3 Å². The molecule has 1 aromatic heterocycles. The van der Waals surface area contributed by atoms with Crippen LogP contribution in [0.5, 0.6) is 0 Å². The molecule has 0 aromatic carbocycles. The van der Waals surface area contributed by atoms with Gasteiger partial charge in [0, 0.05) is 30.9 Å². The van der Waals surface area contributed by atoms with Crippen molar-refractivity contribution in [1.82, 2.24) is 10.3 Å². The van der Waals surface area contributed by atoms with Gasteiger partial charge in [-0.05, 0) is 18.1 Å². The van der Waals surface area contributed by atoms with Crippen LogP contribution in [0.2, 0.25) is 0 Å². The highest BCUT2D eigenvalue weighted by atomic mass is 14.9. The monoisotopic (exact) mass is 192 g/mol. The van der Waals surface area contributed by atoms with Gasteiger partial charge in [-0.1, -0.05) is 26.8 Å². The minimum Gasteiger partial charge on any atom is -0.309 e. The van der Waals surface area contributed by atoms with E-state index < -0.39 is 0 Å². The molecule has 0 bridgehead atoms. The third kappa shape index (κ3) is 2.55. The lowest BCUT2D eigenvalue weighted by Crippen LogP contribution is -2.35. The highest BCUT2D eigenvalue weighted by Gasteiger charge is 2.16. The van der Waals surface area contributed by atoms with Crippen molar-refractivity contribution in [3.63, 3.8) is 0 Å². The molecule has 0 amide bonds. The lowest BCUT2D eigenvalue weighted by Gasteiger charge is -2.23. The predicted molar refractivity (Wildman–Crippen MR) is 60.2 cm³/mol. The fourth-order valence-electron chi connectivity index (χ4n) is 1.66.